The minimum absolute atomic E-state index is 0.0155. The second-order valence-electron chi connectivity index (χ2n) is 14.3. The van der Waals surface area contributed by atoms with Gasteiger partial charge < -0.3 is 9.84 Å². The number of carbonyl (C=O) groups is 4. The van der Waals surface area contributed by atoms with Crippen LogP contribution in [0.25, 0.3) is 0 Å². The predicted octanol–water partition coefficient (Wildman–Crippen LogP) is 8.74. The lowest BCUT2D eigenvalue weighted by molar-refractivity contribution is -0.384. The van der Waals surface area contributed by atoms with Crippen LogP contribution < -0.4 is 15.1 Å². The number of nitrogens with zero attached hydrogens (tertiary/aromatic N) is 4. The molecule has 1 saturated carbocycles. The third-order valence-electron chi connectivity index (χ3n) is 11.6. The van der Waals surface area contributed by atoms with Gasteiger partial charge in [-0.15, -0.1) is 0 Å². The number of pyridine rings is 1. The third-order valence-corrected chi connectivity index (χ3v) is 14.3. The van der Waals surface area contributed by atoms with E-state index in [2.05, 4.69) is 42.3 Å². The molecule has 2 N–H and O–H groups in total. The van der Waals surface area contributed by atoms with E-state index in [0.29, 0.717) is 39.0 Å². The lowest BCUT2D eigenvalue weighted by atomic mass is 9.49. The minimum atomic E-state index is -4.79. The Morgan fingerprint density at radius 2 is 1.66 bits per heavy atom. The molecule has 0 spiro atoms. The van der Waals surface area contributed by atoms with E-state index in [1.54, 1.807) is 18.2 Å². The lowest BCUT2D eigenvalue weighted by Gasteiger charge is -2.51. The van der Waals surface area contributed by atoms with Gasteiger partial charge in [0.15, 0.2) is 17.3 Å². The Labute approximate surface area is 358 Å². The smallest absolute Gasteiger partial charge is 0.417 e. The summed E-state index contributed by atoms with van der Waals surface area (Å²) in [5.41, 5.74) is 0.549. The summed E-state index contributed by atoms with van der Waals surface area (Å²) in [5.74, 6) is -8.87. The number of fused-ring (bicyclic) bond motifs is 4. The zero-order chi connectivity index (χ0) is 42.5. The number of phenols is 1. The van der Waals surface area contributed by atoms with Gasteiger partial charge in [-0.05, 0) is 98.1 Å². The Kier molecular flexibility index (Phi) is 10.1. The molecular formula is C39H26Br2Cl2F3N5O8. The van der Waals surface area contributed by atoms with E-state index in [1.165, 1.54) is 49.6 Å². The van der Waals surface area contributed by atoms with Gasteiger partial charge in [0.05, 0.1) is 55.9 Å². The van der Waals surface area contributed by atoms with E-state index in [0.717, 1.165) is 4.90 Å². The van der Waals surface area contributed by atoms with Crippen molar-refractivity contribution in [2.45, 2.75) is 30.4 Å². The lowest BCUT2D eigenvalue weighted by Crippen LogP contribution is -2.53. The Morgan fingerprint density at radius 1 is 0.983 bits per heavy atom. The average molecular weight is 980 g/mol. The number of halogens is 7. The molecule has 2 aliphatic carbocycles. The van der Waals surface area contributed by atoms with Crippen molar-refractivity contribution in [3.8, 4) is 11.5 Å². The van der Waals surface area contributed by atoms with Crippen molar-refractivity contribution in [3.63, 3.8) is 0 Å². The number of amides is 4. The summed E-state index contributed by atoms with van der Waals surface area (Å²) in [6.07, 6.45) is -2.65. The van der Waals surface area contributed by atoms with Crippen molar-refractivity contribution in [1.29, 1.82) is 0 Å². The van der Waals surface area contributed by atoms with E-state index in [4.69, 9.17) is 27.9 Å². The van der Waals surface area contributed by atoms with Gasteiger partial charge in [-0.2, -0.15) is 18.2 Å². The summed E-state index contributed by atoms with van der Waals surface area (Å²) in [7, 11) is 1.32. The highest BCUT2D eigenvalue weighted by Crippen LogP contribution is 2.66. The topological polar surface area (TPSA) is 172 Å². The van der Waals surface area contributed by atoms with E-state index in [9.17, 15) is 42.8 Å². The van der Waals surface area contributed by atoms with Crippen LogP contribution in [0, 0.1) is 33.8 Å². The molecule has 4 aromatic rings. The maximum atomic E-state index is 15.5. The molecule has 2 saturated heterocycles. The van der Waals surface area contributed by atoms with Crippen molar-refractivity contribution in [2.75, 3.05) is 17.4 Å². The molecule has 0 unspecified atom stereocenters. The number of phenolic OH excluding ortho intramolecular Hbond substituents is 1. The van der Waals surface area contributed by atoms with Crippen molar-refractivity contribution >= 4 is 95.9 Å². The number of methoxy groups -OCH3 is 1. The summed E-state index contributed by atoms with van der Waals surface area (Å²) >= 11 is 19.6. The number of benzene rings is 3. The molecule has 6 atom stereocenters. The molecule has 0 bridgehead atoms. The number of aromatic nitrogens is 1. The number of allylic oxidation sites excluding steroid dienone is 2. The zero-order valence-corrected chi connectivity index (χ0v) is 34.7. The molecule has 1 aromatic heterocycles. The second-order valence-corrected chi connectivity index (χ2v) is 16.8. The summed E-state index contributed by atoms with van der Waals surface area (Å²) in [6.45, 7) is 0. The van der Waals surface area contributed by atoms with Gasteiger partial charge in [0, 0.05) is 33.7 Å². The molecule has 3 heterocycles. The molecular weight excluding hydrogens is 954 g/mol. The monoisotopic (exact) mass is 977 g/mol. The van der Waals surface area contributed by atoms with Crippen LogP contribution in [0.4, 0.5) is 30.4 Å². The molecule has 20 heteroatoms. The number of nitro benzene ring substituents is 1. The van der Waals surface area contributed by atoms with E-state index < -0.39 is 86.1 Å². The Hall–Kier alpha value is -5.04. The molecule has 3 fully saturated rings. The largest absolute Gasteiger partial charge is 0.503 e. The number of alkyl halides is 3. The third kappa shape index (κ3) is 6.20. The first kappa shape index (κ1) is 40.7. The molecule has 4 amide bonds. The first-order valence-electron chi connectivity index (χ1n) is 17.6. The highest BCUT2D eigenvalue weighted by Gasteiger charge is 2.71. The van der Waals surface area contributed by atoms with Crippen LogP contribution in [-0.2, 0) is 30.8 Å². The van der Waals surface area contributed by atoms with Crippen LogP contribution in [0.5, 0.6) is 11.5 Å². The number of hydrogen-bond donors (Lipinski definition) is 2. The van der Waals surface area contributed by atoms with Crippen LogP contribution in [0.3, 0.4) is 0 Å². The Morgan fingerprint density at radius 3 is 2.27 bits per heavy atom. The number of hydrogen-bond acceptors (Lipinski definition) is 10. The quantitative estimate of drug-likeness (QED) is 0.0790. The molecule has 4 aliphatic rings. The van der Waals surface area contributed by atoms with E-state index in [-0.39, 0.29) is 44.7 Å². The maximum absolute atomic E-state index is 15.5. The molecule has 0 radical (unpaired) electrons. The molecule has 8 rings (SSSR count). The number of anilines is 2. The molecule has 59 heavy (non-hydrogen) atoms. The molecule has 3 aromatic carbocycles. The second kappa shape index (κ2) is 14.6. The Balaban J connectivity index is 1.33. The maximum Gasteiger partial charge on any atom is 0.417 e. The van der Waals surface area contributed by atoms with Crippen LogP contribution in [0.15, 0.2) is 87.5 Å². The van der Waals surface area contributed by atoms with E-state index >= 15 is 4.79 Å². The van der Waals surface area contributed by atoms with Crippen molar-refractivity contribution in [3.05, 3.63) is 124 Å². The number of nitro groups is 1. The van der Waals surface area contributed by atoms with Crippen molar-refractivity contribution in [1.82, 2.24) is 9.99 Å². The first-order chi connectivity index (χ1) is 27.9. The van der Waals surface area contributed by atoms with Gasteiger partial charge >= 0.3 is 6.18 Å². The zero-order valence-electron chi connectivity index (χ0n) is 30.0. The standard InChI is InChI=1S/C39H26Br2Cl2F3N5O8/c1-59-27-14-24(30(40)31(41)32(27)52)29-21-10-11-22-28(36(55)49(34(22)53)19-6-8-20(9-7-19)51(57)58)23(21)13-25-35(54)50(37(56)38(25,29)16-2-4-18(42)5-3-16)48-33-26(43)12-17(15-47-33)39(44,45)46/h2-10,12,14-15,22-23,25,28-29,52H,11,13H2,1H3,(H,47,48)/t22-,23+,25-,28-,29+,38+/m0/s1. The van der Waals surface area contributed by atoms with Gasteiger partial charge in [0.1, 0.15) is 0 Å². The fraction of sp³-hybridized carbons (Fsp3) is 0.256. The van der Waals surface area contributed by atoms with Gasteiger partial charge in [-0.1, -0.05) is 47.0 Å². The van der Waals surface area contributed by atoms with Gasteiger partial charge in [0.2, 0.25) is 11.8 Å². The number of non-ortho nitro benzene ring substituents is 1. The van der Waals surface area contributed by atoms with Crippen LogP contribution in [0.2, 0.25) is 10.0 Å². The summed E-state index contributed by atoms with van der Waals surface area (Å²) < 4.78 is 46.5. The number of imide groups is 2. The minimum Gasteiger partial charge on any atom is -0.503 e. The van der Waals surface area contributed by atoms with Crippen molar-refractivity contribution in [2.24, 2.45) is 23.7 Å². The fourth-order valence-electron chi connectivity index (χ4n) is 9.08. The van der Waals surface area contributed by atoms with Gasteiger partial charge in [0.25, 0.3) is 17.5 Å². The average Bonchev–Trinajstić information content (AvgIpc) is 3.58. The first-order valence-corrected chi connectivity index (χ1v) is 20.0. The summed E-state index contributed by atoms with van der Waals surface area (Å²) in [6, 6.07) is 13.3. The number of rotatable bonds is 7. The number of carbonyl (C=O) groups excluding carboxylic acids is 4. The van der Waals surface area contributed by atoms with Gasteiger partial charge in [-0.25, -0.2) is 4.98 Å². The Bertz CT molecular complexity index is 2550. The molecule has 304 valence electrons. The van der Waals surface area contributed by atoms with Crippen LogP contribution in [-0.4, -0.2) is 50.8 Å². The fourth-order valence-corrected chi connectivity index (χ4v) is 10.4. The predicted molar refractivity (Wildman–Crippen MR) is 213 cm³/mol. The number of hydrazine groups is 1. The van der Waals surface area contributed by atoms with Crippen LogP contribution >= 0.6 is 55.1 Å². The normalized spacial score (nSPS) is 25.1. The molecule has 13 nitrogen and oxygen atoms in total. The van der Waals surface area contributed by atoms with Gasteiger partial charge in [-0.3, -0.25) is 39.6 Å². The summed E-state index contributed by atoms with van der Waals surface area (Å²) in [5, 5.41) is 22.8. The SMILES string of the molecule is COc1cc([C@H]2C3=CC[C@@H]4C(=O)N(c5ccc([N+](=O)[O-])cc5)C(=O)[C@@H]4[C@@H]3C[C@H]3C(=O)N(Nc4ncc(C(F)(F)F)cc4Cl)C(=O)[C@@]23c2ccc(Cl)cc2)c(Br)c(Br)c1O. The molecule has 2 aliphatic heterocycles. The van der Waals surface area contributed by atoms with Crippen molar-refractivity contribution < 1.29 is 47.1 Å². The highest BCUT2D eigenvalue weighted by atomic mass is 79.9. The number of nitrogens with one attached hydrogen (secondary N) is 1. The van der Waals surface area contributed by atoms with Crippen LogP contribution in [0.1, 0.15) is 35.4 Å². The summed E-state index contributed by atoms with van der Waals surface area (Å²) in [4.78, 5) is 74.7. The number of aromatic hydroxyl groups is 1. The highest BCUT2D eigenvalue weighted by molar-refractivity contribution is 9.13. The number of ether oxygens (including phenoxy) is 1. The van der Waals surface area contributed by atoms with E-state index in [1.807, 2.05) is 0 Å².